The van der Waals surface area contributed by atoms with E-state index >= 15 is 0 Å². The van der Waals surface area contributed by atoms with E-state index in [1.807, 2.05) is 26.0 Å². The summed E-state index contributed by atoms with van der Waals surface area (Å²) in [4.78, 5) is 25.5. The zero-order valence-electron chi connectivity index (χ0n) is 20.7. The molecule has 4 heteroatoms. The molecular formula is C27H37NO3. The highest BCUT2D eigenvalue weighted by Crippen LogP contribution is 2.35. The number of methoxy groups -OCH3 is 1. The molecule has 31 heavy (non-hydrogen) atoms. The number of aryl methyl sites for hydroxylation is 3. The smallest absolute Gasteiger partial charge is 0.292 e. The summed E-state index contributed by atoms with van der Waals surface area (Å²) in [6.07, 6.45) is 0.0857. The first-order valence-electron chi connectivity index (χ1n) is 10.8. The molecule has 0 aromatic heterocycles. The van der Waals surface area contributed by atoms with Crippen LogP contribution in [0.15, 0.2) is 24.3 Å². The molecule has 0 heterocycles. The summed E-state index contributed by atoms with van der Waals surface area (Å²) in [6.45, 7) is 18.7. The van der Waals surface area contributed by atoms with Gasteiger partial charge in [0.1, 0.15) is 5.75 Å². The lowest BCUT2D eigenvalue weighted by molar-refractivity contribution is -0.134. The fraction of sp³-hybridized carbons (Fsp3) is 0.481. The Morgan fingerprint density at radius 3 is 1.90 bits per heavy atom. The van der Waals surface area contributed by atoms with Crippen LogP contribution in [0.5, 0.6) is 5.75 Å². The summed E-state index contributed by atoms with van der Waals surface area (Å²) in [5, 5.41) is 2.83. The summed E-state index contributed by atoms with van der Waals surface area (Å²) in [7, 11) is 1.64. The van der Waals surface area contributed by atoms with E-state index in [0.29, 0.717) is 5.69 Å². The predicted octanol–water partition coefficient (Wildman–Crippen LogP) is 5.97. The van der Waals surface area contributed by atoms with Crippen molar-refractivity contribution in [2.24, 2.45) is 0 Å². The molecule has 1 N–H and O–H groups in total. The molecule has 0 aliphatic heterocycles. The van der Waals surface area contributed by atoms with Crippen molar-refractivity contribution in [3.63, 3.8) is 0 Å². The molecule has 4 nitrogen and oxygen atoms in total. The number of Topliss-reactive ketones (excluding diaryl/α,β-unsaturated/α-hetero) is 1. The van der Waals surface area contributed by atoms with Gasteiger partial charge in [0, 0.05) is 17.7 Å². The lowest BCUT2D eigenvalue weighted by Crippen LogP contribution is -2.26. The van der Waals surface area contributed by atoms with Crippen LogP contribution in [0.2, 0.25) is 0 Å². The minimum absolute atomic E-state index is 0.0264. The molecule has 0 bridgehead atoms. The number of benzene rings is 2. The molecule has 0 spiro atoms. The Morgan fingerprint density at radius 2 is 1.39 bits per heavy atom. The van der Waals surface area contributed by atoms with Gasteiger partial charge in [-0.15, -0.1) is 0 Å². The monoisotopic (exact) mass is 423 g/mol. The Balaban J connectivity index is 2.29. The third-order valence-electron chi connectivity index (χ3n) is 5.70. The van der Waals surface area contributed by atoms with Gasteiger partial charge in [0.15, 0.2) is 0 Å². The zero-order valence-corrected chi connectivity index (χ0v) is 20.7. The van der Waals surface area contributed by atoms with Gasteiger partial charge in [-0.3, -0.25) is 9.59 Å². The number of nitrogens with one attached hydrogen (secondary N) is 1. The van der Waals surface area contributed by atoms with Gasteiger partial charge < -0.3 is 10.1 Å². The average Bonchev–Trinajstić information content (AvgIpc) is 2.62. The second kappa shape index (κ2) is 8.86. The summed E-state index contributed by atoms with van der Waals surface area (Å²) in [5.74, 6) is -0.260. The maximum Gasteiger partial charge on any atom is 0.292 e. The molecule has 2 aromatic rings. The molecule has 0 aliphatic rings. The van der Waals surface area contributed by atoms with E-state index in [-0.39, 0.29) is 17.3 Å². The van der Waals surface area contributed by atoms with Gasteiger partial charge in [-0.25, -0.2) is 0 Å². The van der Waals surface area contributed by atoms with Crippen molar-refractivity contribution in [1.82, 2.24) is 0 Å². The lowest BCUT2D eigenvalue weighted by Gasteiger charge is -2.24. The third-order valence-corrected chi connectivity index (χ3v) is 5.70. The standard InChI is InChI=1S/C27H37NO3/c1-16-11-17(2)20(26(4,5)6)13-19(16)14-23(29)25(30)28-22-15-21(27(7,8)9)24(31-10)12-18(22)3/h11-13,15H,14H2,1-10H3,(H,28,30). The average molecular weight is 424 g/mol. The number of hydrogen-bond donors (Lipinski definition) is 1. The highest BCUT2D eigenvalue weighted by molar-refractivity contribution is 6.41. The fourth-order valence-electron chi connectivity index (χ4n) is 3.91. The van der Waals surface area contributed by atoms with E-state index in [4.69, 9.17) is 4.74 Å². The van der Waals surface area contributed by atoms with Crippen molar-refractivity contribution >= 4 is 17.4 Å². The summed E-state index contributed by atoms with van der Waals surface area (Å²) in [5.41, 5.74) is 6.61. The van der Waals surface area contributed by atoms with Crippen molar-refractivity contribution < 1.29 is 14.3 Å². The number of ether oxygens (including phenoxy) is 1. The first-order chi connectivity index (χ1) is 14.1. The van der Waals surface area contributed by atoms with Crippen LogP contribution in [-0.2, 0) is 26.8 Å². The Hall–Kier alpha value is -2.62. The summed E-state index contributed by atoms with van der Waals surface area (Å²) < 4.78 is 5.52. The number of carbonyl (C=O) groups is 2. The number of hydrogen-bond acceptors (Lipinski definition) is 3. The second-order valence-electron chi connectivity index (χ2n) is 10.5. The van der Waals surface area contributed by atoms with E-state index in [0.717, 1.165) is 28.0 Å². The van der Waals surface area contributed by atoms with Crippen molar-refractivity contribution in [2.75, 3.05) is 12.4 Å². The van der Waals surface area contributed by atoms with Crippen molar-refractivity contribution in [3.8, 4) is 5.75 Å². The van der Waals surface area contributed by atoms with Gasteiger partial charge in [0.25, 0.3) is 5.91 Å². The van der Waals surface area contributed by atoms with Crippen LogP contribution < -0.4 is 10.1 Å². The van der Waals surface area contributed by atoms with Gasteiger partial charge in [-0.2, -0.15) is 0 Å². The van der Waals surface area contributed by atoms with Crippen LogP contribution in [0.4, 0.5) is 5.69 Å². The van der Waals surface area contributed by atoms with Crippen molar-refractivity contribution in [1.29, 1.82) is 0 Å². The second-order valence-corrected chi connectivity index (χ2v) is 10.5. The topological polar surface area (TPSA) is 55.4 Å². The largest absolute Gasteiger partial charge is 0.496 e. The molecule has 0 saturated carbocycles. The first kappa shape index (κ1) is 24.6. The highest BCUT2D eigenvalue weighted by atomic mass is 16.5. The maximum atomic E-state index is 12.8. The quantitative estimate of drug-likeness (QED) is 0.603. The predicted molar refractivity (Wildman–Crippen MR) is 128 cm³/mol. The van der Waals surface area contributed by atoms with Crippen LogP contribution in [0.25, 0.3) is 0 Å². The molecule has 0 radical (unpaired) electrons. The summed E-state index contributed by atoms with van der Waals surface area (Å²) >= 11 is 0. The molecule has 1 amide bonds. The van der Waals surface area contributed by atoms with Gasteiger partial charge >= 0.3 is 0 Å². The van der Waals surface area contributed by atoms with E-state index in [2.05, 4.69) is 65.9 Å². The van der Waals surface area contributed by atoms with Crippen LogP contribution in [-0.4, -0.2) is 18.8 Å². The summed E-state index contributed by atoms with van der Waals surface area (Å²) in [6, 6.07) is 7.99. The molecule has 0 aliphatic carbocycles. The van der Waals surface area contributed by atoms with Crippen LogP contribution in [0.3, 0.4) is 0 Å². The highest BCUT2D eigenvalue weighted by Gasteiger charge is 2.24. The van der Waals surface area contributed by atoms with Gasteiger partial charge in [0.2, 0.25) is 5.78 Å². The SMILES string of the molecule is COc1cc(C)c(NC(=O)C(=O)Cc2cc(C(C)(C)C)c(C)cc2C)cc1C(C)(C)C. The van der Waals surface area contributed by atoms with Crippen LogP contribution in [0, 0.1) is 20.8 Å². The Bertz CT molecular complexity index is 1000. The van der Waals surface area contributed by atoms with Crippen molar-refractivity contribution in [3.05, 3.63) is 57.6 Å². The van der Waals surface area contributed by atoms with E-state index in [9.17, 15) is 9.59 Å². The molecule has 0 unspecified atom stereocenters. The molecule has 0 atom stereocenters. The normalized spacial score (nSPS) is 11.9. The van der Waals surface area contributed by atoms with E-state index < -0.39 is 11.7 Å². The Morgan fingerprint density at radius 1 is 0.806 bits per heavy atom. The van der Waals surface area contributed by atoms with Gasteiger partial charge in [-0.05, 0) is 71.6 Å². The first-order valence-corrected chi connectivity index (χ1v) is 10.8. The molecule has 0 fully saturated rings. The van der Waals surface area contributed by atoms with Crippen LogP contribution >= 0.6 is 0 Å². The number of anilines is 1. The molecule has 168 valence electrons. The number of ketones is 1. The van der Waals surface area contributed by atoms with Crippen LogP contribution in [0.1, 0.15) is 74.9 Å². The minimum atomic E-state index is -0.592. The number of amides is 1. The number of carbonyl (C=O) groups excluding carboxylic acids is 2. The van der Waals surface area contributed by atoms with E-state index in [1.54, 1.807) is 7.11 Å². The Kier molecular flexibility index (Phi) is 7.04. The van der Waals surface area contributed by atoms with Gasteiger partial charge in [-0.1, -0.05) is 53.7 Å². The minimum Gasteiger partial charge on any atom is -0.496 e. The molecule has 2 rings (SSSR count). The lowest BCUT2D eigenvalue weighted by atomic mass is 9.81. The molecular weight excluding hydrogens is 386 g/mol. The zero-order chi connectivity index (χ0) is 23.7. The maximum absolute atomic E-state index is 12.8. The molecule has 2 aromatic carbocycles. The van der Waals surface area contributed by atoms with Gasteiger partial charge in [0.05, 0.1) is 7.11 Å². The fourth-order valence-corrected chi connectivity index (χ4v) is 3.91. The van der Waals surface area contributed by atoms with E-state index in [1.165, 1.54) is 11.1 Å². The molecule has 0 saturated heterocycles. The third kappa shape index (κ3) is 5.75. The Labute approximate surface area is 187 Å². The van der Waals surface area contributed by atoms with Crippen molar-refractivity contribution in [2.45, 2.75) is 79.6 Å². The number of rotatable bonds is 5.